The molecule has 1 aromatic carbocycles. The van der Waals surface area contributed by atoms with Crippen molar-refractivity contribution in [1.29, 1.82) is 0 Å². The molecule has 1 unspecified atom stereocenters. The third-order valence-corrected chi connectivity index (χ3v) is 7.73. The fourth-order valence-electron chi connectivity index (χ4n) is 5.84. The quantitative estimate of drug-likeness (QED) is 0.457. The normalized spacial score (nSPS) is 22.7. The Bertz CT molecular complexity index is 1460. The SMILES string of the molecule is CCC1(O)C(=O)OCc2c1cc1n(c2=O)Cc2c-1nc1cc(F)c(C)c3c1c2[C@@H](NC)CC3. The maximum absolute atomic E-state index is 14.8. The van der Waals surface area contributed by atoms with E-state index in [9.17, 15) is 19.1 Å². The number of aryl methyl sites for hydroxylation is 1. The molecule has 0 spiro atoms. The van der Waals surface area contributed by atoms with Crippen molar-refractivity contribution in [3.8, 4) is 11.4 Å². The Morgan fingerprint density at radius 3 is 2.82 bits per heavy atom. The van der Waals surface area contributed by atoms with E-state index in [1.54, 1.807) is 24.5 Å². The lowest BCUT2D eigenvalue weighted by atomic mass is 9.81. The number of carbonyl (C=O) groups excluding carboxylic acids is 1. The summed E-state index contributed by atoms with van der Waals surface area (Å²) in [5, 5.41) is 15.4. The van der Waals surface area contributed by atoms with E-state index >= 15 is 0 Å². The molecular weight excluding hydrogens is 425 g/mol. The van der Waals surface area contributed by atoms with Gasteiger partial charge in [0.1, 0.15) is 12.4 Å². The number of hydrogen-bond donors (Lipinski definition) is 2. The Balaban J connectivity index is 1.70. The highest BCUT2D eigenvalue weighted by atomic mass is 19.1. The molecule has 0 saturated carbocycles. The van der Waals surface area contributed by atoms with Gasteiger partial charge in [0.25, 0.3) is 5.56 Å². The van der Waals surface area contributed by atoms with Gasteiger partial charge in [-0.25, -0.2) is 14.2 Å². The summed E-state index contributed by atoms with van der Waals surface area (Å²) in [5.74, 6) is -1.04. The standard InChI is InChI=1S/C25H24FN3O4/c1-4-25(32)15-7-19-22-13(9-29(19)23(30)14(15)10-33-24(25)31)21-17(27-3)6-5-12-11(2)16(26)8-18(28-22)20(12)21/h7-8,17,27,32H,4-6,9-10H2,1-3H3/t17-,25?/m0/s1. The van der Waals surface area contributed by atoms with Gasteiger partial charge in [0.2, 0.25) is 0 Å². The molecule has 4 heterocycles. The summed E-state index contributed by atoms with van der Waals surface area (Å²) >= 11 is 0. The van der Waals surface area contributed by atoms with Crippen molar-refractivity contribution in [2.45, 2.75) is 57.9 Å². The lowest BCUT2D eigenvalue weighted by Crippen LogP contribution is -2.44. The lowest BCUT2D eigenvalue weighted by Gasteiger charge is -2.31. The molecule has 1 aliphatic carbocycles. The first-order chi connectivity index (χ1) is 15.8. The van der Waals surface area contributed by atoms with Crippen molar-refractivity contribution in [2.24, 2.45) is 0 Å². The zero-order chi connectivity index (χ0) is 23.2. The number of aromatic nitrogens is 2. The number of carbonyl (C=O) groups is 1. The zero-order valence-electron chi connectivity index (χ0n) is 18.7. The average Bonchev–Trinajstić information content (AvgIpc) is 3.18. The van der Waals surface area contributed by atoms with Crippen LogP contribution >= 0.6 is 0 Å². The molecule has 170 valence electrons. The van der Waals surface area contributed by atoms with Crippen LogP contribution in [0.15, 0.2) is 16.9 Å². The Morgan fingerprint density at radius 1 is 1.30 bits per heavy atom. The first-order valence-corrected chi connectivity index (χ1v) is 11.3. The maximum atomic E-state index is 14.8. The minimum absolute atomic E-state index is 0.0544. The van der Waals surface area contributed by atoms with Crippen molar-refractivity contribution in [1.82, 2.24) is 14.9 Å². The van der Waals surface area contributed by atoms with Crippen LogP contribution in [0.4, 0.5) is 4.39 Å². The molecule has 2 atom stereocenters. The smallest absolute Gasteiger partial charge is 0.343 e. The number of esters is 1. The van der Waals surface area contributed by atoms with Gasteiger partial charge in [-0.15, -0.1) is 0 Å². The molecule has 0 radical (unpaired) electrons. The molecule has 7 nitrogen and oxygen atoms in total. The summed E-state index contributed by atoms with van der Waals surface area (Å²) in [4.78, 5) is 30.7. The second-order valence-corrected chi connectivity index (χ2v) is 9.19. The van der Waals surface area contributed by atoms with Gasteiger partial charge in [-0.2, -0.15) is 0 Å². The molecule has 0 amide bonds. The van der Waals surface area contributed by atoms with Crippen molar-refractivity contribution in [2.75, 3.05) is 7.05 Å². The fourth-order valence-corrected chi connectivity index (χ4v) is 5.84. The summed E-state index contributed by atoms with van der Waals surface area (Å²) < 4.78 is 21.5. The van der Waals surface area contributed by atoms with Gasteiger partial charge in [-0.1, -0.05) is 6.92 Å². The molecule has 3 aromatic rings. The van der Waals surface area contributed by atoms with E-state index in [1.165, 1.54) is 6.07 Å². The first-order valence-electron chi connectivity index (χ1n) is 11.3. The van der Waals surface area contributed by atoms with Gasteiger partial charge < -0.3 is 19.7 Å². The highest BCUT2D eigenvalue weighted by Gasteiger charge is 2.45. The number of fused-ring (bicyclic) bond motifs is 5. The second-order valence-electron chi connectivity index (χ2n) is 9.19. The number of pyridine rings is 2. The number of hydrogen-bond acceptors (Lipinski definition) is 6. The maximum Gasteiger partial charge on any atom is 0.343 e. The molecule has 8 heteroatoms. The topological polar surface area (TPSA) is 93.5 Å². The minimum Gasteiger partial charge on any atom is -0.458 e. The lowest BCUT2D eigenvalue weighted by molar-refractivity contribution is -0.172. The van der Waals surface area contributed by atoms with Crippen LogP contribution in [0.3, 0.4) is 0 Å². The minimum atomic E-state index is -1.87. The van der Waals surface area contributed by atoms with Crippen LogP contribution in [0.25, 0.3) is 22.3 Å². The van der Waals surface area contributed by atoms with E-state index in [-0.39, 0.29) is 36.0 Å². The van der Waals surface area contributed by atoms with Crippen LogP contribution in [-0.4, -0.2) is 27.7 Å². The van der Waals surface area contributed by atoms with Crippen molar-refractivity contribution in [3.63, 3.8) is 0 Å². The predicted octanol–water partition coefficient (Wildman–Crippen LogP) is 2.73. The monoisotopic (exact) mass is 449 g/mol. The van der Waals surface area contributed by atoms with Crippen molar-refractivity contribution in [3.05, 3.63) is 61.7 Å². The van der Waals surface area contributed by atoms with E-state index < -0.39 is 11.6 Å². The van der Waals surface area contributed by atoms with Gasteiger partial charge in [0.15, 0.2) is 5.60 Å². The Labute approximate surface area is 189 Å². The van der Waals surface area contributed by atoms with Gasteiger partial charge in [0.05, 0.1) is 29.0 Å². The fraction of sp³-hybridized carbons (Fsp3) is 0.400. The number of aliphatic hydroxyl groups is 1. The van der Waals surface area contributed by atoms with E-state index in [1.807, 2.05) is 7.05 Å². The zero-order valence-corrected chi connectivity index (χ0v) is 18.7. The van der Waals surface area contributed by atoms with E-state index in [2.05, 4.69) is 5.32 Å². The van der Waals surface area contributed by atoms with E-state index in [0.717, 1.165) is 34.9 Å². The summed E-state index contributed by atoms with van der Waals surface area (Å²) in [6, 6.07) is 3.22. The number of rotatable bonds is 2. The van der Waals surface area contributed by atoms with Crippen LogP contribution in [0, 0.1) is 12.7 Å². The molecule has 0 bridgehead atoms. The molecule has 2 N–H and O–H groups in total. The number of nitrogens with zero attached hydrogens (tertiary/aromatic N) is 2. The van der Waals surface area contributed by atoms with Gasteiger partial charge in [-0.3, -0.25) is 4.79 Å². The molecule has 6 rings (SSSR count). The summed E-state index contributed by atoms with van der Waals surface area (Å²) in [7, 11) is 1.90. The number of benzene rings is 1. The van der Waals surface area contributed by atoms with E-state index in [0.29, 0.717) is 34.6 Å². The van der Waals surface area contributed by atoms with Gasteiger partial charge in [0, 0.05) is 28.6 Å². The Hall–Kier alpha value is -3.10. The van der Waals surface area contributed by atoms with Crippen LogP contribution in [0.1, 0.15) is 59.2 Å². The Morgan fingerprint density at radius 2 is 2.09 bits per heavy atom. The van der Waals surface area contributed by atoms with Gasteiger partial charge >= 0.3 is 5.97 Å². The number of ether oxygens (including phenoxy) is 1. The van der Waals surface area contributed by atoms with Crippen LogP contribution in [-0.2, 0) is 34.7 Å². The first kappa shape index (κ1) is 20.5. The number of cyclic esters (lactones) is 1. The molecule has 0 fully saturated rings. The average molecular weight is 449 g/mol. The highest BCUT2D eigenvalue weighted by molar-refractivity contribution is 5.93. The summed E-state index contributed by atoms with van der Waals surface area (Å²) in [6.07, 6.45) is 1.66. The molecule has 2 aromatic heterocycles. The molecule has 3 aliphatic rings. The predicted molar refractivity (Wildman–Crippen MR) is 119 cm³/mol. The molecule has 0 saturated heterocycles. The van der Waals surface area contributed by atoms with Crippen LogP contribution < -0.4 is 10.9 Å². The molecular formula is C25H24FN3O4. The van der Waals surface area contributed by atoms with Crippen molar-refractivity contribution >= 4 is 16.9 Å². The van der Waals surface area contributed by atoms with Gasteiger partial charge in [-0.05, 0) is 56.0 Å². The highest BCUT2D eigenvalue weighted by Crippen LogP contribution is 2.45. The summed E-state index contributed by atoms with van der Waals surface area (Å²) in [5.41, 5.74) is 3.71. The second kappa shape index (κ2) is 6.71. The van der Waals surface area contributed by atoms with Crippen LogP contribution in [0.5, 0.6) is 0 Å². The number of halogens is 1. The number of nitrogens with one attached hydrogen (secondary N) is 1. The van der Waals surface area contributed by atoms with Crippen molar-refractivity contribution < 1.29 is 19.0 Å². The third kappa shape index (κ3) is 2.48. The van der Waals surface area contributed by atoms with E-state index in [4.69, 9.17) is 9.72 Å². The largest absolute Gasteiger partial charge is 0.458 e. The van der Waals surface area contributed by atoms with Crippen LogP contribution in [0.2, 0.25) is 0 Å². The molecule has 33 heavy (non-hydrogen) atoms. The third-order valence-electron chi connectivity index (χ3n) is 7.73. The summed E-state index contributed by atoms with van der Waals surface area (Å²) in [6.45, 7) is 3.65. The molecule has 2 aliphatic heterocycles. The Kier molecular flexibility index (Phi) is 4.17.